The van der Waals surface area contributed by atoms with Gasteiger partial charge in [0.2, 0.25) is 0 Å². The molecule has 0 saturated carbocycles. The van der Waals surface area contributed by atoms with Gasteiger partial charge in [-0.2, -0.15) is 29.4 Å². The van der Waals surface area contributed by atoms with E-state index in [0.29, 0.717) is 16.8 Å². The van der Waals surface area contributed by atoms with E-state index in [2.05, 4.69) is 27.1 Å². The van der Waals surface area contributed by atoms with Crippen LogP contribution in [0.25, 0.3) is 33.8 Å². The average molecular weight is 613 g/mol. The van der Waals surface area contributed by atoms with Crippen molar-refractivity contribution in [1.29, 1.82) is 0 Å². The van der Waals surface area contributed by atoms with E-state index in [4.69, 9.17) is 19.2 Å². The van der Waals surface area contributed by atoms with Gasteiger partial charge in [-0.15, -0.1) is 0 Å². The summed E-state index contributed by atoms with van der Waals surface area (Å²) in [6.07, 6.45) is 4.08. The highest BCUT2D eigenvalue weighted by atomic mass is 19.3. The van der Waals surface area contributed by atoms with E-state index in [0.717, 1.165) is 53.1 Å². The third-order valence-corrected chi connectivity index (χ3v) is 6.43. The van der Waals surface area contributed by atoms with Crippen molar-refractivity contribution in [3.63, 3.8) is 0 Å². The second-order valence-electron chi connectivity index (χ2n) is 8.94. The van der Waals surface area contributed by atoms with Crippen molar-refractivity contribution in [2.45, 2.75) is 33.1 Å². The fraction of sp³-hybridized carbons (Fsp3) is 0.156. The van der Waals surface area contributed by atoms with E-state index in [1.165, 1.54) is 6.07 Å². The van der Waals surface area contributed by atoms with Crippen LogP contribution in [0.15, 0.2) is 85.2 Å². The van der Waals surface area contributed by atoms with Gasteiger partial charge in [-0.1, -0.05) is 62.4 Å². The Bertz CT molecular complexity index is 1950. The number of alkyl halides is 2. The monoisotopic (exact) mass is 612 g/mol. The number of aldehydes is 1. The molecule has 2 aromatic carbocycles. The molecule has 6 aromatic rings. The van der Waals surface area contributed by atoms with Gasteiger partial charge in [-0.3, -0.25) is 4.79 Å². The van der Waals surface area contributed by atoms with E-state index in [9.17, 15) is 13.6 Å². The molecule has 228 valence electrons. The molecule has 0 atom stereocenters. The molecule has 0 spiro atoms. The zero-order valence-electron chi connectivity index (χ0n) is 24.1. The predicted molar refractivity (Wildman–Crippen MR) is 156 cm³/mol. The molecule has 0 aliphatic rings. The minimum absolute atomic E-state index is 0.00230. The van der Waals surface area contributed by atoms with Crippen molar-refractivity contribution in [1.82, 2.24) is 29.2 Å². The fourth-order valence-electron chi connectivity index (χ4n) is 4.36. The van der Waals surface area contributed by atoms with Gasteiger partial charge in [-0.25, -0.2) is 27.8 Å². The first kappa shape index (κ1) is 33.5. The van der Waals surface area contributed by atoms with Crippen molar-refractivity contribution in [3.8, 4) is 22.5 Å². The standard InChI is InChI=1S/C15H13F2N3.C15H13N3O.2CO2/c1-2-10-9-18-14-8-7-13(19-20(10)14)11-5-3-4-6-12(11)15(16)17;1-2-12-9-16-15-8-7-14(17-18(12)15)13-6-4-3-5-11(13)10-19;2*2-1-3/h3-9,15H,2H2,1H3;3-10H,2H2,1H3;;. The van der Waals surface area contributed by atoms with Crippen LogP contribution in [0.1, 0.15) is 47.6 Å². The summed E-state index contributed by atoms with van der Waals surface area (Å²) in [6, 6.07) is 21.2. The Morgan fingerprint density at radius 3 is 1.60 bits per heavy atom. The normalized spacial score (nSPS) is 9.98. The molecule has 0 saturated heterocycles. The molecule has 6 rings (SSSR count). The molecule has 0 radical (unpaired) electrons. The first-order chi connectivity index (χ1) is 21.9. The minimum Gasteiger partial charge on any atom is -0.298 e. The Kier molecular flexibility index (Phi) is 12.3. The third-order valence-electron chi connectivity index (χ3n) is 6.43. The molecule has 0 aliphatic carbocycles. The lowest BCUT2D eigenvalue weighted by Gasteiger charge is -2.08. The first-order valence-electron chi connectivity index (χ1n) is 13.4. The average Bonchev–Trinajstić information content (AvgIpc) is 3.68. The largest absolute Gasteiger partial charge is 0.373 e. The molecule has 11 nitrogen and oxygen atoms in total. The third kappa shape index (κ3) is 8.08. The summed E-state index contributed by atoms with van der Waals surface area (Å²) in [6.45, 7) is 4.07. The fourth-order valence-corrected chi connectivity index (χ4v) is 4.36. The van der Waals surface area contributed by atoms with E-state index in [1.54, 1.807) is 47.1 Å². The Hall–Kier alpha value is -6.03. The van der Waals surface area contributed by atoms with Crippen LogP contribution < -0.4 is 0 Å². The van der Waals surface area contributed by atoms with Crippen LogP contribution in [-0.2, 0) is 32.0 Å². The highest BCUT2D eigenvalue weighted by molar-refractivity contribution is 5.86. The van der Waals surface area contributed by atoms with E-state index >= 15 is 0 Å². The number of carbonyl (C=O) groups excluding carboxylic acids is 5. The SMILES string of the molecule is CCc1cnc2ccc(-c3ccccc3C(F)F)nn12.CCc1cnc2ccc(-c3ccccc3C=O)nn12.O=C=O.O=C=O. The zero-order valence-corrected chi connectivity index (χ0v) is 24.1. The topological polar surface area (TPSA) is 146 Å². The quantitative estimate of drug-likeness (QED) is 0.223. The maximum Gasteiger partial charge on any atom is 0.373 e. The van der Waals surface area contributed by atoms with Crippen molar-refractivity contribution in [3.05, 3.63) is 108 Å². The highest BCUT2D eigenvalue weighted by Gasteiger charge is 2.15. The lowest BCUT2D eigenvalue weighted by atomic mass is 10.0. The van der Waals surface area contributed by atoms with Gasteiger partial charge in [0, 0.05) is 22.3 Å². The number of rotatable bonds is 6. The smallest absolute Gasteiger partial charge is 0.298 e. The molecule has 0 bridgehead atoms. The Labute approximate surface area is 255 Å². The van der Waals surface area contributed by atoms with Gasteiger partial charge in [0.15, 0.2) is 17.6 Å². The second kappa shape index (κ2) is 16.6. The van der Waals surface area contributed by atoms with Crippen molar-refractivity contribution in [2.75, 3.05) is 0 Å². The van der Waals surface area contributed by atoms with Crippen molar-refractivity contribution < 1.29 is 32.8 Å². The van der Waals surface area contributed by atoms with Crippen molar-refractivity contribution in [2.24, 2.45) is 0 Å². The van der Waals surface area contributed by atoms with Gasteiger partial charge in [-0.05, 0) is 37.1 Å². The molecule has 0 amide bonds. The van der Waals surface area contributed by atoms with E-state index < -0.39 is 6.43 Å². The number of nitrogens with zero attached hydrogens (tertiary/aromatic N) is 6. The number of halogens is 2. The summed E-state index contributed by atoms with van der Waals surface area (Å²) in [5.41, 5.74) is 6.81. The van der Waals surface area contributed by atoms with Gasteiger partial charge in [0.05, 0.1) is 35.2 Å². The molecule has 0 fully saturated rings. The number of aryl methyl sites for hydroxylation is 2. The van der Waals surface area contributed by atoms with Crippen LogP contribution in [-0.4, -0.2) is 47.8 Å². The van der Waals surface area contributed by atoms with E-state index in [1.807, 2.05) is 48.0 Å². The molecule has 13 heteroatoms. The van der Waals surface area contributed by atoms with Gasteiger partial charge >= 0.3 is 12.3 Å². The summed E-state index contributed by atoms with van der Waals surface area (Å²) in [5, 5.41) is 9.02. The number of fused-ring (bicyclic) bond motifs is 2. The molecule has 4 heterocycles. The Balaban J connectivity index is 0.000000209. The molecular formula is C32H26F2N6O5. The molecule has 0 unspecified atom stereocenters. The van der Waals surface area contributed by atoms with Crippen LogP contribution in [0.3, 0.4) is 0 Å². The second-order valence-corrected chi connectivity index (χ2v) is 8.94. The van der Waals surface area contributed by atoms with Crippen LogP contribution in [0.2, 0.25) is 0 Å². The molecular weight excluding hydrogens is 586 g/mol. The molecule has 0 N–H and O–H groups in total. The zero-order chi connectivity index (χ0) is 32.8. The van der Waals surface area contributed by atoms with Crippen LogP contribution in [0.4, 0.5) is 8.78 Å². The number of aromatic nitrogens is 6. The minimum atomic E-state index is -2.52. The first-order valence-corrected chi connectivity index (χ1v) is 13.4. The summed E-state index contributed by atoms with van der Waals surface area (Å²) >= 11 is 0. The van der Waals surface area contributed by atoms with Crippen LogP contribution >= 0.6 is 0 Å². The predicted octanol–water partition coefficient (Wildman–Crippen LogP) is 5.50. The lowest BCUT2D eigenvalue weighted by Crippen LogP contribution is -2.00. The summed E-state index contributed by atoms with van der Waals surface area (Å²) < 4.78 is 29.7. The van der Waals surface area contributed by atoms with Gasteiger partial charge in [0.1, 0.15) is 0 Å². The molecule has 4 aromatic heterocycles. The van der Waals surface area contributed by atoms with Gasteiger partial charge in [0.25, 0.3) is 6.43 Å². The Morgan fingerprint density at radius 2 is 1.13 bits per heavy atom. The number of hydrogen-bond donors (Lipinski definition) is 0. The number of imidazole rings is 2. The number of carbonyl (C=O) groups is 1. The molecule has 0 aliphatic heterocycles. The van der Waals surface area contributed by atoms with Gasteiger partial charge < -0.3 is 0 Å². The summed E-state index contributed by atoms with van der Waals surface area (Å²) in [7, 11) is 0. The van der Waals surface area contributed by atoms with Crippen LogP contribution in [0.5, 0.6) is 0 Å². The summed E-state index contributed by atoms with van der Waals surface area (Å²) in [4.78, 5) is 52.1. The summed E-state index contributed by atoms with van der Waals surface area (Å²) in [5.74, 6) is 0. The maximum absolute atomic E-state index is 13.1. The van der Waals surface area contributed by atoms with Crippen molar-refractivity contribution >= 4 is 29.9 Å². The van der Waals surface area contributed by atoms with Crippen LogP contribution in [0, 0.1) is 0 Å². The lowest BCUT2D eigenvalue weighted by molar-refractivity contribution is -0.193. The maximum atomic E-state index is 13.1. The number of benzene rings is 2. The van der Waals surface area contributed by atoms with E-state index in [-0.39, 0.29) is 17.9 Å². The molecule has 45 heavy (non-hydrogen) atoms. The highest BCUT2D eigenvalue weighted by Crippen LogP contribution is 2.30. The Morgan fingerprint density at radius 1 is 0.689 bits per heavy atom. The number of hydrogen-bond acceptors (Lipinski definition) is 9.